The van der Waals surface area contributed by atoms with Gasteiger partial charge in [-0.15, -0.1) is 0 Å². The number of nitrogens with zero attached hydrogens (tertiary/aromatic N) is 1. The van der Waals surface area contributed by atoms with Gasteiger partial charge in [0.2, 0.25) is 0 Å². The van der Waals surface area contributed by atoms with Crippen LogP contribution in [0.4, 0.5) is 4.39 Å². The molecule has 2 rings (SSSR count). The Bertz CT molecular complexity index is 547. The first-order valence-electron chi connectivity index (χ1n) is 10.7. The predicted octanol–water partition coefficient (Wildman–Crippen LogP) is 6.41. The standard InChI is InChI=1S/C23H34FNO2/c1-2-6-18-11-15-22(16-12-18)27-23(26)20-13-9-19(10-14-20)7-4-3-5-8-21(24)17-25/h3,5,8,18-20,22H,2,4,6-7,9-16H2,1H3. The molecule has 4 heteroatoms. The van der Waals surface area contributed by atoms with Gasteiger partial charge in [-0.1, -0.05) is 31.9 Å². The zero-order valence-electron chi connectivity index (χ0n) is 16.7. The molecule has 0 aromatic heterocycles. The Morgan fingerprint density at radius 1 is 1.07 bits per heavy atom. The van der Waals surface area contributed by atoms with Crippen molar-refractivity contribution in [3.63, 3.8) is 0 Å². The summed E-state index contributed by atoms with van der Waals surface area (Å²) in [5.41, 5.74) is 0. The summed E-state index contributed by atoms with van der Waals surface area (Å²) in [4.78, 5) is 12.5. The lowest BCUT2D eigenvalue weighted by molar-refractivity contribution is -0.157. The lowest BCUT2D eigenvalue weighted by Gasteiger charge is -2.31. The Morgan fingerprint density at radius 2 is 1.70 bits per heavy atom. The molecule has 0 aromatic rings. The second-order valence-corrected chi connectivity index (χ2v) is 8.22. The summed E-state index contributed by atoms with van der Waals surface area (Å²) in [5, 5.41) is 8.34. The number of carbonyl (C=O) groups is 1. The monoisotopic (exact) mass is 375 g/mol. The third-order valence-electron chi connectivity index (χ3n) is 6.18. The molecule has 2 aliphatic carbocycles. The van der Waals surface area contributed by atoms with E-state index in [0.717, 1.165) is 57.3 Å². The lowest BCUT2D eigenvalue weighted by Crippen LogP contribution is -2.30. The summed E-state index contributed by atoms with van der Waals surface area (Å²) in [6.45, 7) is 2.24. The highest BCUT2D eigenvalue weighted by atomic mass is 19.1. The van der Waals surface area contributed by atoms with E-state index >= 15 is 0 Å². The highest BCUT2D eigenvalue weighted by Crippen LogP contribution is 2.34. The van der Waals surface area contributed by atoms with E-state index in [1.54, 1.807) is 6.08 Å². The third-order valence-corrected chi connectivity index (χ3v) is 6.18. The Morgan fingerprint density at radius 3 is 2.33 bits per heavy atom. The highest BCUT2D eigenvalue weighted by Gasteiger charge is 2.30. The number of ether oxygens (including phenoxy) is 1. The van der Waals surface area contributed by atoms with Gasteiger partial charge in [-0.05, 0) is 82.1 Å². The minimum absolute atomic E-state index is 0.0319. The topological polar surface area (TPSA) is 50.1 Å². The molecule has 0 aromatic carbocycles. The van der Waals surface area contributed by atoms with Crippen LogP contribution in [-0.4, -0.2) is 12.1 Å². The number of allylic oxidation sites excluding steroid dienone is 4. The van der Waals surface area contributed by atoms with Crippen molar-refractivity contribution in [2.75, 3.05) is 0 Å². The summed E-state index contributed by atoms with van der Waals surface area (Å²) in [6, 6.07) is 1.46. The van der Waals surface area contributed by atoms with E-state index < -0.39 is 5.83 Å². The van der Waals surface area contributed by atoms with Gasteiger partial charge in [0.25, 0.3) is 0 Å². The van der Waals surface area contributed by atoms with Crippen LogP contribution < -0.4 is 0 Å². The van der Waals surface area contributed by atoms with Gasteiger partial charge >= 0.3 is 5.97 Å². The summed E-state index contributed by atoms with van der Waals surface area (Å²) in [7, 11) is 0. The molecule has 0 bridgehead atoms. The molecule has 0 N–H and O–H groups in total. The number of halogens is 1. The molecular weight excluding hydrogens is 341 g/mol. The first-order valence-corrected chi connectivity index (χ1v) is 10.7. The zero-order chi connectivity index (χ0) is 19.5. The van der Waals surface area contributed by atoms with Crippen LogP contribution in [0, 0.1) is 29.1 Å². The van der Waals surface area contributed by atoms with E-state index in [0.29, 0.717) is 5.92 Å². The zero-order valence-corrected chi connectivity index (χ0v) is 16.7. The van der Waals surface area contributed by atoms with Crippen LogP contribution in [0.2, 0.25) is 0 Å². The number of carbonyl (C=O) groups excluding carboxylic acids is 1. The van der Waals surface area contributed by atoms with Crippen molar-refractivity contribution in [3.05, 3.63) is 24.1 Å². The molecule has 2 fully saturated rings. The third kappa shape index (κ3) is 7.87. The molecule has 150 valence electrons. The van der Waals surface area contributed by atoms with Crippen LogP contribution in [0.3, 0.4) is 0 Å². The average Bonchev–Trinajstić information content (AvgIpc) is 2.69. The number of hydrogen-bond acceptors (Lipinski definition) is 3. The summed E-state index contributed by atoms with van der Waals surface area (Å²) in [6.07, 6.45) is 17.9. The molecule has 2 aliphatic rings. The number of nitriles is 1. The molecule has 0 saturated heterocycles. The summed E-state index contributed by atoms with van der Waals surface area (Å²) in [5.74, 6) is 0.820. The second kappa shape index (κ2) is 12.0. The van der Waals surface area contributed by atoms with Crippen LogP contribution in [0.15, 0.2) is 24.1 Å². The SMILES string of the molecule is CCCC1CCC(OC(=O)C2CCC(CCC=CC=C(F)C#N)CC2)CC1. The van der Waals surface area contributed by atoms with Crippen LogP contribution >= 0.6 is 0 Å². The van der Waals surface area contributed by atoms with Crippen molar-refractivity contribution in [2.45, 2.75) is 90.1 Å². The van der Waals surface area contributed by atoms with E-state index in [4.69, 9.17) is 10.00 Å². The fraction of sp³-hybridized carbons (Fsp3) is 0.739. The van der Waals surface area contributed by atoms with Crippen molar-refractivity contribution < 1.29 is 13.9 Å². The van der Waals surface area contributed by atoms with Crippen molar-refractivity contribution >= 4 is 5.97 Å². The fourth-order valence-electron chi connectivity index (χ4n) is 4.51. The predicted molar refractivity (Wildman–Crippen MR) is 105 cm³/mol. The van der Waals surface area contributed by atoms with Gasteiger partial charge in [0.15, 0.2) is 5.83 Å². The van der Waals surface area contributed by atoms with Crippen LogP contribution in [-0.2, 0) is 9.53 Å². The number of rotatable bonds is 8. The van der Waals surface area contributed by atoms with E-state index in [1.807, 2.05) is 6.08 Å². The molecule has 2 saturated carbocycles. The maximum absolute atomic E-state index is 12.7. The minimum atomic E-state index is -0.760. The van der Waals surface area contributed by atoms with Gasteiger partial charge < -0.3 is 4.74 Å². The maximum Gasteiger partial charge on any atom is 0.309 e. The number of esters is 1. The first kappa shape index (κ1) is 21.7. The molecule has 0 aliphatic heterocycles. The Balaban J connectivity index is 1.61. The normalized spacial score (nSPS) is 29.4. The van der Waals surface area contributed by atoms with Crippen molar-refractivity contribution in [1.82, 2.24) is 0 Å². The number of hydrogen-bond donors (Lipinski definition) is 0. The van der Waals surface area contributed by atoms with Crippen molar-refractivity contribution in [1.29, 1.82) is 5.26 Å². The quantitative estimate of drug-likeness (QED) is 0.280. The van der Waals surface area contributed by atoms with Gasteiger partial charge in [0.05, 0.1) is 5.92 Å². The van der Waals surface area contributed by atoms with Crippen LogP contribution in [0.25, 0.3) is 0 Å². The molecule has 0 atom stereocenters. The van der Waals surface area contributed by atoms with Gasteiger partial charge in [-0.25, -0.2) is 0 Å². The average molecular weight is 376 g/mol. The van der Waals surface area contributed by atoms with Crippen LogP contribution in [0.5, 0.6) is 0 Å². The molecule has 0 heterocycles. The first-order chi connectivity index (χ1) is 13.1. The van der Waals surface area contributed by atoms with Crippen molar-refractivity contribution in [3.8, 4) is 6.07 Å². The molecule has 0 radical (unpaired) electrons. The van der Waals surface area contributed by atoms with Gasteiger partial charge in [-0.3, -0.25) is 4.79 Å². The molecule has 0 amide bonds. The maximum atomic E-state index is 12.7. The van der Waals surface area contributed by atoms with E-state index in [-0.39, 0.29) is 18.0 Å². The van der Waals surface area contributed by atoms with Gasteiger partial charge in [0.1, 0.15) is 12.2 Å². The summed E-state index contributed by atoms with van der Waals surface area (Å²) >= 11 is 0. The molecule has 3 nitrogen and oxygen atoms in total. The van der Waals surface area contributed by atoms with Crippen molar-refractivity contribution in [2.24, 2.45) is 17.8 Å². The van der Waals surface area contributed by atoms with E-state index in [1.165, 1.54) is 37.8 Å². The smallest absolute Gasteiger partial charge is 0.309 e. The Kier molecular flexibility index (Phi) is 9.59. The Hall–Kier alpha value is -1.63. The fourth-order valence-corrected chi connectivity index (χ4v) is 4.51. The largest absolute Gasteiger partial charge is 0.462 e. The molecule has 0 spiro atoms. The highest BCUT2D eigenvalue weighted by molar-refractivity contribution is 5.72. The van der Waals surface area contributed by atoms with E-state index in [9.17, 15) is 9.18 Å². The summed E-state index contributed by atoms with van der Waals surface area (Å²) < 4.78 is 18.5. The Labute approximate surface area is 163 Å². The van der Waals surface area contributed by atoms with Crippen LogP contribution in [0.1, 0.15) is 84.0 Å². The van der Waals surface area contributed by atoms with Gasteiger partial charge in [0, 0.05) is 0 Å². The van der Waals surface area contributed by atoms with E-state index in [2.05, 4.69) is 6.92 Å². The second-order valence-electron chi connectivity index (χ2n) is 8.22. The minimum Gasteiger partial charge on any atom is -0.462 e. The molecular formula is C23H34FNO2. The lowest BCUT2D eigenvalue weighted by atomic mass is 9.80. The molecule has 27 heavy (non-hydrogen) atoms. The van der Waals surface area contributed by atoms with Gasteiger partial charge in [-0.2, -0.15) is 9.65 Å². The molecule has 0 unspecified atom stereocenters.